The van der Waals surface area contributed by atoms with Gasteiger partial charge >= 0.3 is 0 Å². The van der Waals surface area contributed by atoms with Gasteiger partial charge in [0.1, 0.15) is 5.82 Å². The van der Waals surface area contributed by atoms with E-state index in [-0.39, 0.29) is 5.82 Å². The first-order valence-corrected chi connectivity index (χ1v) is 5.85. The molecule has 1 aromatic carbocycles. The Labute approximate surface area is 97.3 Å². The zero-order chi connectivity index (χ0) is 12.1. The highest BCUT2D eigenvalue weighted by Gasteiger charge is 2.16. The third-order valence-corrected chi connectivity index (χ3v) is 2.74. The third kappa shape index (κ3) is 2.73. The Kier molecular flexibility index (Phi) is 4.74. The van der Waals surface area contributed by atoms with Crippen molar-refractivity contribution in [3.05, 3.63) is 29.6 Å². The summed E-state index contributed by atoms with van der Waals surface area (Å²) < 4.78 is 13.9. The topological polar surface area (TPSA) is 29.3 Å². The van der Waals surface area contributed by atoms with Crippen LogP contribution in [-0.4, -0.2) is 19.1 Å². The number of anilines is 1. The van der Waals surface area contributed by atoms with E-state index in [1.807, 2.05) is 13.0 Å². The van der Waals surface area contributed by atoms with Crippen LogP contribution in [-0.2, 0) is 6.42 Å². The minimum atomic E-state index is -0.151. The van der Waals surface area contributed by atoms with Crippen LogP contribution in [0.4, 0.5) is 10.1 Å². The van der Waals surface area contributed by atoms with E-state index in [0.29, 0.717) is 18.3 Å². The van der Waals surface area contributed by atoms with Crippen molar-refractivity contribution in [2.75, 3.05) is 18.0 Å². The van der Waals surface area contributed by atoms with Gasteiger partial charge in [0.05, 0.1) is 5.69 Å². The van der Waals surface area contributed by atoms with Gasteiger partial charge in [-0.1, -0.05) is 12.1 Å². The molecule has 0 spiro atoms. The summed E-state index contributed by atoms with van der Waals surface area (Å²) in [4.78, 5) is 2.07. The molecule has 0 aliphatic heterocycles. The molecule has 0 saturated carbocycles. The monoisotopic (exact) mass is 224 g/mol. The Bertz CT molecular complexity index is 337. The number of hydrogen-bond acceptors (Lipinski definition) is 2. The Morgan fingerprint density at radius 1 is 1.38 bits per heavy atom. The maximum absolute atomic E-state index is 13.9. The SMILES string of the molecule is CCN(c1c(F)cccc1CCN)C(C)C. The van der Waals surface area contributed by atoms with Crippen molar-refractivity contribution in [1.29, 1.82) is 0 Å². The predicted octanol–water partition coefficient (Wildman–Crippen LogP) is 2.56. The quantitative estimate of drug-likeness (QED) is 0.833. The molecule has 16 heavy (non-hydrogen) atoms. The lowest BCUT2D eigenvalue weighted by molar-refractivity contribution is 0.600. The maximum atomic E-state index is 13.9. The van der Waals surface area contributed by atoms with E-state index in [0.717, 1.165) is 18.5 Å². The van der Waals surface area contributed by atoms with Gasteiger partial charge in [0.25, 0.3) is 0 Å². The number of halogens is 1. The largest absolute Gasteiger partial charge is 0.367 e. The molecule has 3 heteroatoms. The van der Waals surface area contributed by atoms with Gasteiger partial charge in [0.2, 0.25) is 0 Å². The van der Waals surface area contributed by atoms with Crippen LogP contribution in [0.25, 0.3) is 0 Å². The van der Waals surface area contributed by atoms with Gasteiger partial charge in [-0.3, -0.25) is 0 Å². The number of nitrogens with two attached hydrogens (primary N) is 1. The summed E-state index contributed by atoms with van der Waals surface area (Å²) in [6.07, 6.45) is 0.719. The average molecular weight is 224 g/mol. The second-order valence-electron chi connectivity index (χ2n) is 4.17. The molecule has 90 valence electrons. The van der Waals surface area contributed by atoms with E-state index in [4.69, 9.17) is 5.73 Å². The second-order valence-corrected chi connectivity index (χ2v) is 4.17. The van der Waals surface area contributed by atoms with Crippen LogP contribution in [0, 0.1) is 5.82 Å². The molecule has 0 unspecified atom stereocenters. The summed E-state index contributed by atoms with van der Waals surface area (Å²) >= 11 is 0. The molecular weight excluding hydrogens is 203 g/mol. The standard InChI is InChI=1S/C13H21FN2/c1-4-16(10(2)3)13-11(8-9-15)6-5-7-12(13)14/h5-7,10H,4,8-9,15H2,1-3H3. The molecule has 0 heterocycles. The predicted molar refractivity (Wildman–Crippen MR) is 67.3 cm³/mol. The highest BCUT2D eigenvalue weighted by atomic mass is 19.1. The van der Waals surface area contributed by atoms with Gasteiger partial charge in [0, 0.05) is 12.6 Å². The summed E-state index contributed by atoms with van der Waals surface area (Å²) in [5.74, 6) is -0.151. The minimum absolute atomic E-state index is 0.151. The van der Waals surface area contributed by atoms with Gasteiger partial charge in [-0.2, -0.15) is 0 Å². The van der Waals surface area contributed by atoms with Gasteiger partial charge in [-0.15, -0.1) is 0 Å². The van der Waals surface area contributed by atoms with Crippen LogP contribution >= 0.6 is 0 Å². The molecule has 0 aliphatic rings. The average Bonchev–Trinajstić information content (AvgIpc) is 2.23. The lowest BCUT2D eigenvalue weighted by Crippen LogP contribution is -2.32. The van der Waals surface area contributed by atoms with E-state index in [9.17, 15) is 4.39 Å². The lowest BCUT2D eigenvalue weighted by Gasteiger charge is -2.30. The van der Waals surface area contributed by atoms with E-state index in [2.05, 4.69) is 18.7 Å². The smallest absolute Gasteiger partial charge is 0.146 e. The van der Waals surface area contributed by atoms with Crippen molar-refractivity contribution in [3.8, 4) is 0 Å². The Morgan fingerprint density at radius 3 is 2.56 bits per heavy atom. The van der Waals surface area contributed by atoms with Gasteiger partial charge in [-0.05, 0) is 45.4 Å². The molecule has 0 amide bonds. The van der Waals surface area contributed by atoms with Crippen LogP contribution in [0.1, 0.15) is 26.3 Å². The van der Waals surface area contributed by atoms with Crippen LogP contribution < -0.4 is 10.6 Å². The van der Waals surface area contributed by atoms with Crippen LogP contribution in [0.15, 0.2) is 18.2 Å². The highest BCUT2D eigenvalue weighted by Crippen LogP contribution is 2.26. The molecule has 0 aliphatic carbocycles. The lowest BCUT2D eigenvalue weighted by atomic mass is 10.1. The number of nitrogens with zero attached hydrogens (tertiary/aromatic N) is 1. The maximum Gasteiger partial charge on any atom is 0.146 e. The summed E-state index contributed by atoms with van der Waals surface area (Å²) in [5.41, 5.74) is 7.27. The summed E-state index contributed by atoms with van der Waals surface area (Å²) in [6.45, 7) is 7.53. The van der Waals surface area contributed by atoms with Gasteiger partial charge in [-0.25, -0.2) is 4.39 Å². The van der Waals surface area contributed by atoms with Crippen molar-refractivity contribution in [2.45, 2.75) is 33.2 Å². The van der Waals surface area contributed by atoms with Crippen molar-refractivity contribution in [2.24, 2.45) is 5.73 Å². The fourth-order valence-corrected chi connectivity index (χ4v) is 2.02. The molecule has 0 bridgehead atoms. The zero-order valence-corrected chi connectivity index (χ0v) is 10.3. The Balaban J connectivity index is 3.17. The number of benzene rings is 1. The molecule has 1 rings (SSSR count). The summed E-state index contributed by atoms with van der Waals surface area (Å²) in [6, 6.07) is 5.51. The van der Waals surface area contributed by atoms with Crippen molar-refractivity contribution < 1.29 is 4.39 Å². The Hall–Kier alpha value is -1.09. The molecule has 2 nitrogen and oxygen atoms in total. The first kappa shape index (κ1) is 13.0. The second kappa shape index (κ2) is 5.85. The van der Waals surface area contributed by atoms with Crippen LogP contribution in [0.5, 0.6) is 0 Å². The van der Waals surface area contributed by atoms with Gasteiger partial charge < -0.3 is 10.6 Å². The molecule has 1 aromatic rings. The van der Waals surface area contributed by atoms with E-state index in [1.54, 1.807) is 6.07 Å². The normalized spacial score (nSPS) is 10.9. The first-order chi connectivity index (χ1) is 7.61. The van der Waals surface area contributed by atoms with Crippen molar-refractivity contribution in [3.63, 3.8) is 0 Å². The molecule has 0 fully saturated rings. The number of hydrogen-bond donors (Lipinski definition) is 1. The first-order valence-electron chi connectivity index (χ1n) is 5.85. The van der Waals surface area contributed by atoms with Gasteiger partial charge in [0.15, 0.2) is 0 Å². The number of para-hydroxylation sites is 1. The van der Waals surface area contributed by atoms with Crippen LogP contribution in [0.3, 0.4) is 0 Å². The summed E-state index contributed by atoms with van der Waals surface area (Å²) in [5, 5.41) is 0. The number of rotatable bonds is 5. The molecule has 0 aromatic heterocycles. The molecule has 0 atom stereocenters. The minimum Gasteiger partial charge on any atom is -0.367 e. The molecular formula is C13H21FN2. The fraction of sp³-hybridized carbons (Fsp3) is 0.538. The van der Waals surface area contributed by atoms with Crippen LogP contribution in [0.2, 0.25) is 0 Å². The van der Waals surface area contributed by atoms with E-state index < -0.39 is 0 Å². The Morgan fingerprint density at radius 2 is 2.06 bits per heavy atom. The summed E-state index contributed by atoms with van der Waals surface area (Å²) in [7, 11) is 0. The molecule has 2 N–H and O–H groups in total. The zero-order valence-electron chi connectivity index (χ0n) is 10.3. The molecule has 0 saturated heterocycles. The van der Waals surface area contributed by atoms with E-state index >= 15 is 0 Å². The van der Waals surface area contributed by atoms with Crippen molar-refractivity contribution in [1.82, 2.24) is 0 Å². The third-order valence-electron chi connectivity index (χ3n) is 2.74. The fourth-order valence-electron chi connectivity index (χ4n) is 2.02. The van der Waals surface area contributed by atoms with Crippen molar-refractivity contribution >= 4 is 5.69 Å². The molecule has 0 radical (unpaired) electrons. The van der Waals surface area contributed by atoms with E-state index in [1.165, 1.54) is 6.07 Å². The highest BCUT2D eigenvalue weighted by molar-refractivity contribution is 5.55.